The molecule has 0 saturated heterocycles. The van der Waals surface area contributed by atoms with E-state index in [1.807, 2.05) is 0 Å². The van der Waals surface area contributed by atoms with Crippen molar-refractivity contribution in [1.29, 1.82) is 0 Å². The Bertz CT molecular complexity index is 762. The largest absolute Gasteiger partial charge is 0.463 e. The number of nitrogens with one attached hydrogen (secondary N) is 1. The summed E-state index contributed by atoms with van der Waals surface area (Å²) in [5.41, 5.74) is 0.709. The van der Waals surface area contributed by atoms with Crippen LogP contribution in [0.4, 0.5) is 0 Å². The van der Waals surface area contributed by atoms with E-state index in [0.717, 1.165) is 9.86 Å². The normalized spacial score (nSPS) is 11.4. The SMILES string of the molecule is O=c1[nH]c(Cl)nc2cc(Br)c3ccoc3c12. The number of furan rings is 1. The first-order chi connectivity index (χ1) is 7.66. The maximum absolute atomic E-state index is 11.8. The molecule has 2 aromatic heterocycles. The van der Waals surface area contributed by atoms with Gasteiger partial charge in [0.15, 0.2) is 0 Å². The minimum Gasteiger partial charge on any atom is -0.463 e. The zero-order valence-electron chi connectivity index (χ0n) is 7.75. The van der Waals surface area contributed by atoms with Crippen LogP contribution in [-0.4, -0.2) is 9.97 Å². The molecule has 80 valence electrons. The van der Waals surface area contributed by atoms with Crippen LogP contribution in [0.2, 0.25) is 5.28 Å². The third-order valence-corrected chi connectivity index (χ3v) is 3.17. The van der Waals surface area contributed by atoms with E-state index in [0.29, 0.717) is 16.5 Å². The number of halogens is 2. The summed E-state index contributed by atoms with van der Waals surface area (Å²) >= 11 is 9.08. The Morgan fingerprint density at radius 3 is 3.12 bits per heavy atom. The second kappa shape index (κ2) is 3.33. The summed E-state index contributed by atoms with van der Waals surface area (Å²) in [6.45, 7) is 0. The molecule has 0 radical (unpaired) electrons. The van der Waals surface area contributed by atoms with Gasteiger partial charge in [-0.2, -0.15) is 0 Å². The van der Waals surface area contributed by atoms with Crippen molar-refractivity contribution in [2.45, 2.75) is 0 Å². The highest BCUT2D eigenvalue weighted by atomic mass is 79.9. The Kier molecular flexibility index (Phi) is 2.05. The summed E-state index contributed by atoms with van der Waals surface area (Å²) in [6.07, 6.45) is 1.53. The van der Waals surface area contributed by atoms with Crippen molar-refractivity contribution in [3.8, 4) is 0 Å². The van der Waals surface area contributed by atoms with E-state index >= 15 is 0 Å². The van der Waals surface area contributed by atoms with Crippen molar-refractivity contribution in [3.63, 3.8) is 0 Å². The topological polar surface area (TPSA) is 58.9 Å². The van der Waals surface area contributed by atoms with Gasteiger partial charge in [0.2, 0.25) is 5.28 Å². The molecule has 2 heterocycles. The maximum Gasteiger partial charge on any atom is 0.263 e. The Balaban J connectivity index is 2.70. The van der Waals surface area contributed by atoms with Gasteiger partial charge in [0.1, 0.15) is 11.0 Å². The Hall–Kier alpha value is -1.33. The Labute approximate surface area is 102 Å². The molecule has 1 N–H and O–H groups in total. The van der Waals surface area contributed by atoms with Gasteiger partial charge in [0.05, 0.1) is 11.8 Å². The van der Waals surface area contributed by atoms with Gasteiger partial charge in [-0.1, -0.05) is 0 Å². The first kappa shape index (κ1) is 9.86. The molecule has 0 aliphatic rings. The van der Waals surface area contributed by atoms with Gasteiger partial charge in [-0.25, -0.2) is 4.98 Å². The van der Waals surface area contributed by atoms with Gasteiger partial charge in [-0.15, -0.1) is 0 Å². The second-order valence-corrected chi connectivity index (χ2v) is 4.49. The number of rotatable bonds is 0. The van der Waals surface area contributed by atoms with Crippen LogP contribution in [0.25, 0.3) is 21.9 Å². The smallest absolute Gasteiger partial charge is 0.263 e. The average Bonchev–Trinajstić information content (AvgIpc) is 2.65. The molecule has 0 saturated carbocycles. The molecule has 0 bridgehead atoms. The Morgan fingerprint density at radius 1 is 1.50 bits per heavy atom. The molecule has 4 nitrogen and oxygen atoms in total. The van der Waals surface area contributed by atoms with Gasteiger partial charge in [-0.05, 0) is 39.7 Å². The quantitative estimate of drug-likeness (QED) is 0.649. The lowest BCUT2D eigenvalue weighted by Gasteiger charge is -2.00. The van der Waals surface area contributed by atoms with Crippen LogP contribution in [0, 0.1) is 0 Å². The van der Waals surface area contributed by atoms with E-state index in [9.17, 15) is 4.79 Å². The molecule has 0 atom stereocenters. The zero-order valence-corrected chi connectivity index (χ0v) is 10.1. The third-order valence-electron chi connectivity index (χ3n) is 2.33. The summed E-state index contributed by atoms with van der Waals surface area (Å²) in [5.74, 6) is 0. The molecule has 0 aliphatic carbocycles. The van der Waals surface area contributed by atoms with E-state index in [1.54, 1.807) is 12.1 Å². The molecule has 0 spiro atoms. The van der Waals surface area contributed by atoms with Crippen molar-refractivity contribution in [1.82, 2.24) is 9.97 Å². The maximum atomic E-state index is 11.8. The van der Waals surface area contributed by atoms with Crippen LogP contribution < -0.4 is 5.56 Å². The number of hydrogen-bond acceptors (Lipinski definition) is 3. The second-order valence-electron chi connectivity index (χ2n) is 3.27. The number of aromatic amines is 1. The summed E-state index contributed by atoms with van der Waals surface area (Å²) in [4.78, 5) is 18.3. The van der Waals surface area contributed by atoms with E-state index < -0.39 is 0 Å². The summed E-state index contributed by atoms with van der Waals surface area (Å²) in [5, 5.41) is 1.31. The minimum atomic E-state index is -0.303. The molecular formula is C10H4BrClN2O2. The number of hydrogen-bond donors (Lipinski definition) is 1. The fourth-order valence-electron chi connectivity index (χ4n) is 1.67. The van der Waals surface area contributed by atoms with Crippen molar-refractivity contribution in [2.75, 3.05) is 0 Å². The van der Waals surface area contributed by atoms with Gasteiger partial charge < -0.3 is 4.42 Å². The molecule has 0 unspecified atom stereocenters. The first-order valence-electron chi connectivity index (χ1n) is 4.42. The number of benzene rings is 1. The predicted molar refractivity (Wildman–Crippen MR) is 64.8 cm³/mol. The van der Waals surface area contributed by atoms with Crippen molar-refractivity contribution in [3.05, 3.63) is 38.5 Å². The fraction of sp³-hybridized carbons (Fsp3) is 0. The lowest BCUT2D eigenvalue weighted by Crippen LogP contribution is -2.08. The van der Waals surface area contributed by atoms with Crippen molar-refractivity contribution >= 4 is 49.4 Å². The van der Waals surface area contributed by atoms with Gasteiger partial charge in [-0.3, -0.25) is 9.78 Å². The third kappa shape index (κ3) is 1.28. The van der Waals surface area contributed by atoms with Gasteiger partial charge in [0, 0.05) is 9.86 Å². The van der Waals surface area contributed by atoms with E-state index in [4.69, 9.17) is 16.0 Å². The minimum absolute atomic E-state index is 0.0651. The fourth-order valence-corrected chi connectivity index (χ4v) is 2.38. The molecule has 0 amide bonds. The summed E-state index contributed by atoms with van der Waals surface area (Å²) in [7, 11) is 0. The lowest BCUT2D eigenvalue weighted by atomic mass is 10.2. The lowest BCUT2D eigenvalue weighted by molar-refractivity contribution is 0.618. The molecule has 16 heavy (non-hydrogen) atoms. The summed E-state index contributed by atoms with van der Waals surface area (Å²) in [6, 6.07) is 3.53. The molecule has 3 rings (SSSR count). The van der Waals surface area contributed by atoms with Crippen LogP contribution in [0.1, 0.15) is 0 Å². The molecular weight excluding hydrogens is 295 g/mol. The predicted octanol–water partition coefficient (Wildman–Crippen LogP) is 3.09. The molecule has 0 fully saturated rings. The van der Waals surface area contributed by atoms with Crippen LogP contribution in [0.15, 0.2) is 32.1 Å². The van der Waals surface area contributed by atoms with E-state index in [2.05, 4.69) is 25.9 Å². The van der Waals surface area contributed by atoms with Crippen LogP contribution in [0.3, 0.4) is 0 Å². The molecule has 0 aliphatic heterocycles. The highest BCUT2D eigenvalue weighted by molar-refractivity contribution is 9.10. The number of H-pyrrole nitrogens is 1. The summed E-state index contributed by atoms with van der Waals surface area (Å²) < 4.78 is 6.12. The molecule has 6 heteroatoms. The first-order valence-corrected chi connectivity index (χ1v) is 5.59. The van der Waals surface area contributed by atoms with Crippen molar-refractivity contribution < 1.29 is 4.42 Å². The number of aromatic nitrogens is 2. The number of nitrogens with zero attached hydrogens (tertiary/aromatic N) is 1. The monoisotopic (exact) mass is 298 g/mol. The van der Waals surface area contributed by atoms with Crippen LogP contribution in [-0.2, 0) is 0 Å². The zero-order chi connectivity index (χ0) is 11.3. The van der Waals surface area contributed by atoms with Crippen LogP contribution >= 0.6 is 27.5 Å². The highest BCUT2D eigenvalue weighted by Gasteiger charge is 2.12. The molecule has 3 aromatic rings. The standard InChI is InChI=1S/C10H4BrClN2O2/c11-5-3-6-7(8-4(5)1-2-16-8)9(15)14-10(12)13-6/h1-3H,(H,13,14,15). The van der Waals surface area contributed by atoms with E-state index in [1.165, 1.54) is 6.26 Å². The Morgan fingerprint density at radius 2 is 2.31 bits per heavy atom. The number of fused-ring (bicyclic) bond motifs is 3. The highest BCUT2D eigenvalue weighted by Crippen LogP contribution is 2.30. The van der Waals surface area contributed by atoms with Gasteiger partial charge in [0.25, 0.3) is 5.56 Å². The van der Waals surface area contributed by atoms with E-state index in [-0.39, 0.29) is 10.8 Å². The van der Waals surface area contributed by atoms with Crippen molar-refractivity contribution in [2.24, 2.45) is 0 Å². The van der Waals surface area contributed by atoms with Crippen LogP contribution in [0.5, 0.6) is 0 Å². The van der Waals surface area contributed by atoms with Gasteiger partial charge >= 0.3 is 0 Å². The molecule has 1 aromatic carbocycles. The average molecular weight is 300 g/mol.